The number of nitrogens with one attached hydrogen (secondary N) is 2. The molecule has 0 saturated heterocycles. The number of rotatable bonds is 6. The van der Waals surface area contributed by atoms with Crippen molar-refractivity contribution in [3.8, 4) is 0 Å². The fraction of sp³-hybridized carbons (Fsp3) is 0.500. The Hall–Kier alpha value is -1.39. The SMILES string of the molecule is CCNCC(C)NCc1nn(C)c2ccccc12. The van der Waals surface area contributed by atoms with Gasteiger partial charge in [-0.2, -0.15) is 5.10 Å². The second kappa shape index (κ2) is 5.98. The third-order valence-electron chi connectivity index (χ3n) is 3.15. The molecule has 0 spiro atoms. The molecule has 1 aromatic carbocycles. The summed E-state index contributed by atoms with van der Waals surface area (Å²) in [5, 5.41) is 12.7. The van der Waals surface area contributed by atoms with Gasteiger partial charge < -0.3 is 10.6 Å². The van der Waals surface area contributed by atoms with Crippen molar-refractivity contribution in [2.24, 2.45) is 7.05 Å². The van der Waals surface area contributed by atoms with Gasteiger partial charge in [0, 0.05) is 31.6 Å². The fourth-order valence-electron chi connectivity index (χ4n) is 2.12. The van der Waals surface area contributed by atoms with Crippen LogP contribution in [0.1, 0.15) is 19.5 Å². The monoisotopic (exact) mass is 246 g/mol. The lowest BCUT2D eigenvalue weighted by Crippen LogP contribution is -2.35. The van der Waals surface area contributed by atoms with E-state index in [-0.39, 0.29) is 0 Å². The van der Waals surface area contributed by atoms with Crippen molar-refractivity contribution >= 4 is 10.9 Å². The average Bonchev–Trinajstić information content (AvgIpc) is 2.71. The van der Waals surface area contributed by atoms with Gasteiger partial charge in [0.15, 0.2) is 0 Å². The first-order valence-electron chi connectivity index (χ1n) is 6.57. The molecule has 18 heavy (non-hydrogen) atoms. The molecule has 1 atom stereocenters. The van der Waals surface area contributed by atoms with Gasteiger partial charge in [-0.05, 0) is 19.5 Å². The molecule has 0 amide bonds. The molecule has 0 fully saturated rings. The Morgan fingerprint density at radius 2 is 2.11 bits per heavy atom. The van der Waals surface area contributed by atoms with Crippen LogP contribution in [0.4, 0.5) is 0 Å². The van der Waals surface area contributed by atoms with Crippen LogP contribution in [0.5, 0.6) is 0 Å². The van der Waals surface area contributed by atoms with Crippen molar-refractivity contribution in [3.05, 3.63) is 30.0 Å². The van der Waals surface area contributed by atoms with E-state index in [2.05, 4.69) is 53.8 Å². The third-order valence-corrected chi connectivity index (χ3v) is 3.15. The normalized spacial score (nSPS) is 13.1. The Morgan fingerprint density at radius 3 is 2.89 bits per heavy atom. The molecule has 1 aromatic heterocycles. The summed E-state index contributed by atoms with van der Waals surface area (Å²) in [6.07, 6.45) is 0. The highest BCUT2D eigenvalue weighted by Gasteiger charge is 2.08. The highest BCUT2D eigenvalue weighted by molar-refractivity contribution is 5.81. The Balaban J connectivity index is 2.03. The van der Waals surface area contributed by atoms with E-state index in [1.807, 2.05) is 11.7 Å². The van der Waals surface area contributed by atoms with E-state index < -0.39 is 0 Å². The van der Waals surface area contributed by atoms with Crippen LogP contribution in [0.25, 0.3) is 10.9 Å². The zero-order valence-corrected chi connectivity index (χ0v) is 11.4. The molecular formula is C14H22N4. The minimum atomic E-state index is 0.450. The molecular weight excluding hydrogens is 224 g/mol. The molecule has 98 valence electrons. The zero-order valence-electron chi connectivity index (χ0n) is 11.4. The number of aryl methyl sites for hydroxylation is 1. The maximum Gasteiger partial charge on any atom is 0.0841 e. The summed E-state index contributed by atoms with van der Waals surface area (Å²) in [5.41, 5.74) is 2.31. The number of para-hydroxylation sites is 1. The van der Waals surface area contributed by atoms with Gasteiger partial charge in [0.05, 0.1) is 11.2 Å². The van der Waals surface area contributed by atoms with E-state index in [1.165, 1.54) is 10.9 Å². The Kier molecular flexibility index (Phi) is 4.33. The first kappa shape index (κ1) is 13.1. The summed E-state index contributed by atoms with van der Waals surface area (Å²) in [7, 11) is 1.99. The van der Waals surface area contributed by atoms with E-state index in [0.29, 0.717) is 6.04 Å². The summed E-state index contributed by atoms with van der Waals surface area (Å²) in [5.74, 6) is 0. The minimum absolute atomic E-state index is 0.450. The Bertz CT molecular complexity index is 503. The smallest absolute Gasteiger partial charge is 0.0841 e. The Labute approximate surface area is 108 Å². The van der Waals surface area contributed by atoms with E-state index in [9.17, 15) is 0 Å². The number of aromatic nitrogens is 2. The molecule has 1 heterocycles. The number of benzene rings is 1. The number of nitrogens with zero attached hydrogens (tertiary/aromatic N) is 2. The van der Waals surface area contributed by atoms with Gasteiger partial charge in [0.1, 0.15) is 0 Å². The van der Waals surface area contributed by atoms with Crippen LogP contribution in [0.2, 0.25) is 0 Å². The van der Waals surface area contributed by atoms with Crippen molar-refractivity contribution in [3.63, 3.8) is 0 Å². The second-order valence-corrected chi connectivity index (χ2v) is 4.68. The van der Waals surface area contributed by atoms with Gasteiger partial charge in [0.2, 0.25) is 0 Å². The van der Waals surface area contributed by atoms with E-state index in [0.717, 1.165) is 25.3 Å². The Morgan fingerprint density at radius 1 is 1.33 bits per heavy atom. The standard InChI is InChI=1S/C14H22N4/c1-4-15-9-11(2)16-10-13-12-7-5-6-8-14(12)18(3)17-13/h5-8,11,15-16H,4,9-10H2,1-3H3. The van der Waals surface area contributed by atoms with Gasteiger partial charge in [-0.15, -0.1) is 0 Å². The first-order chi connectivity index (χ1) is 8.72. The lowest BCUT2D eigenvalue weighted by atomic mass is 10.2. The number of hydrogen-bond donors (Lipinski definition) is 2. The summed E-state index contributed by atoms with van der Waals surface area (Å²) in [6.45, 7) is 7.13. The van der Waals surface area contributed by atoms with Crippen LogP contribution in [0.15, 0.2) is 24.3 Å². The van der Waals surface area contributed by atoms with Crippen molar-refractivity contribution in [1.29, 1.82) is 0 Å². The van der Waals surface area contributed by atoms with Crippen molar-refractivity contribution in [2.45, 2.75) is 26.4 Å². The maximum atomic E-state index is 4.58. The number of fused-ring (bicyclic) bond motifs is 1. The van der Waals surface area contributed by atoms with E-state index in [1.54, 1.807) is 0 Å². The quantitative estimate of drug-likeness (QED) is 0.814. The predicted octanol–water partition coefficient (Wildman–Crippen LogP) is 1.66. The number of likely N-dealkylation sites (N-methyl/N-ethyl adjacent to an activating group) is 1. The summed E-state index contributed by atoms with van der Waals surface area (Å²) >= 11 is 0. The lowest BCUT2D eigenvalue weighted by molar-refractivity contribution is 0.504. The lowest BCUT2D eigenvalue weighted by Gasteiger charge is -2.13. The molecule has 0 radical (unpaired) electrons. The van der Waals surface area contributed by atoms with Gasteiger partial charge >= 0.3 is 0 Å². The van der Waals surface area contributed by atoms with Gasteiger partial charge in [-0.3, -0.25) is 4.68 Å². The predicted molar refractivity (Wildman–Crippen MR) is 75.6 cm³/mol. The molecule has 1 unspecified atom stereocenters. The molecule has 0 aliphatic carbocycles. The molecule has 2 aromatic rings. The molecule has 4 nitrogen and oxygen atoms in total. The van der Waals surface area contributed by atoms with Crippen molar-refractivity contribution in [1.82, 2.24) is 20.4 Å². The van der Waals surface area contributed by atoms with Gasteiger partial charge in [-0.25, -0.2) is 0 Å². The molecule has 0 aliphatic heterocycles. The highest BCUT2D eigenvalue weighted by Crippen LogP contribution is 2.17. The third kappa shape index (κ3) is 2.89. The van der Waals surface area contributed by atoms with Crippen LogP contribution in [-0.4, -0.2) is 28.9 Å². The van der Waals surface area contributed by atoms with Gasteiger partial charge in [0.25, 0.3) is 0 Å². The molecule has 4 heteroatoms. The van der Waals surface area contributed by atoms with Crippen LogP contribution in [0, 0.1) is 0 Å². The molecule has 2 N–H and O–H groups in total. The molecule has 2 rings (SSSR count). The molecule has 0 bridgehead atoms. The largest absolute Gasteiger partial charge is 0.315 e. The first-order valence-corrected chi connectivity index (χ1v) is 6.57. The summed E-state index contributed by atoms with van der Waals surface area (Å²) < 4.78 is 1.95. The van der Waals surface area contributed by atoms with Crippen LogP contribution >= 0.6 is 0 Å². The average molecular weight is 246 g/mol. The topological polar surface area (TPSA) is 41.9 Å². The minimum Gasteiger partial charge on any atom is -0.315 e. The molecule has 0 saturated carbocycles. The van der Waals surface area contributed by atoms with Crippen molar-refractivity contribution < 1.29 is 0 Å². The summed E-state index contributed by atoms with van der Waals surface area (Å²) in [6, 6.07) is 8.80. The highest BCUT2D eigenvalue weighted by atomic mass is 15.3. The van der Waals surface area contributed by atoms with Crippen LogP contribution < -0.4 is 10.6 Å². The van der Waals surface area contributed by atoms with Crippen LogP contribution in [0.3, 0.4) is 0 Å². The summed E-state index contributed by atoms with van der Waals surface area (Å²) in [4.78, 5) is 0. The van der Waals surface area contributed by atoms with Crippen molar-refractivity contribution in [2.75, 3.05) is 13.1 Å². The van der Waals surface area contributed by atoms with E-state index in [4.69, 9.17) is 0 Å². The van der Waals surface area contributed by atoms with Gasteiger partial charge in [-0.1, -0.05) is 25.1 Å². The van der Waals surface area contributed by atoms with Crippen LogP contribution in [-0.2, 0) is 13.6 Å². The van der Waals surface area contributed by atoms with E-state index >= 15 is 0 Å². The zero-order chi connectivity index (χ0) is 13.0. The maximum absolute atomic E-state index is 4.58. The molecule has 0 aliphatic rings. The second-order valence-electron chi connectivity index (χ2n) is 4.68. The number of hydrogen-bond acceptors (Lipinski definition) is 3. The fourth-order valence-corrected chi connectivity index (χ4v) is 2.12.